The number of likely N-dealkylation sites (N-methyl/N-ethyl adjacent to an activating group) is 1. The first-order chi connectivity index (χ1) is 15.5. The largest absolute Gasteiger partial charge is 0.383 e. The highest BCUT2D eigenvalue weighted by atomic mass is 16.3. The summed E-state index contributed by atoms with van der Waals surface area (Å²) in [6, 6.07) is 25.9. The molecule has 1 aromatic heterocycles. The lowest BCUT2D eigenvalue weighted by Gasteiger charge is -2.54. The smallest absolute Gasteiger partial charge is 0.119 e. The van der Waals surface area contributed by atoms with E-state index >= 15 is 0 Å². The molecule has 3 N–H and O–H groups in total. The Kier molecular flexibility index (Phi) is 4.34. The van der Waals surface area contributed by atoms with Crippen molar-refractivity contribution in [3.8, 4) is 0 Å². The molecule has 3 aromatic carbocycles. The van der Waals surface area contributed by atoms with Crippen LogP contribution in [-0.2, 0) is 17.6 Å². The number of nitrogens with one attached hydrogen (secondary N) is 1. The standard InChI is InChI=1S/C28H28N2O2/c1-30-18-22(28(32,20-9-4-2-5-10-20)21-11-6-3-7-12-21)16-27(31)23-13-8-14-24-26(23)19(17-29-24)15-25(27)30/h2-14,17,22,25,29,31-32H,15-16,18H2,1H3/t22?,25-,27+/m1/s1. The van der Waals surface area contributed by atoms with Crippen molar-refractivity contribution in [1.29, 1.82) is 0 Å². The van der Waals surface area contributed by atoms with E-state index in [-0.39, 0.29) is 12.0 Å². The second kappa shape index (κ2) is 7.04. The van der Waals surface area contributed by atoms with Crippen LogP contribution in [-0.4, -0.2) is 39.7 Å². The molecule has 4 nitrogen and oxygen atoms in total. The number of aliphatic hydroxyl groups is 2. The predicted octanol–water partition coefficient (Wildman–Crippen LogP) is 4.17. The molecule has 0 spiro atoms. The van der Waals surface area contributed by atoms with E-state index in [1.807, 2.05) is 66.7 Å². The summed E-state index contributed by atoms with van der Waals surface area (Å²) in [5, 5.41) is 25.9. The lowest BCUT2D eigenvalue weighted by Crippen LogP contribution is -2.61. The Morgan fingerprint density at radius 2 is 1.59 bits per heavy atom. The average molecular weight is 425 g/mol. The summed E-state index contributed by atoms with van der Waals surface area (Å²) in [5.41, 5.74) is 2.79. The van der Waals surface area contributed by atoms with Crippen molar-refractivity contribution >= 4 is 10.9 Å². The van der Waals surface area contributed by atoms with Gasteiger partial charge in [-0.3, -0.25) is 4.90 Å². The molecule has 2 heterocycles. The molecule has 0 saturated carbocycles. The summed E-state index contributed by atoms with van der Waals surface area (Å²) in [4.78, 5) is 5.63. The number of hydrogen-bond acceptors (Lipinski definition) is 3. The predicted molar refractivity (Wildman–Crippen MR) is 126 cm³/mol. The molecule has 1 aliphatic heterocycles. The Morgan fingerprint density at radius 3 is 2.25 bits per heavy atom. The zero-order valence-electron chi connectivity index (χ0n) is 18.2. The van der Waals surface area contributed by atoms with Gasteiger partial charge in [0.25, 0.3) is 0 Å². The minimum absolute atomic E-state index is 0.0246. The van der Waals surface area contributed by atoms with Crippen molar-refractivity contribution < 1.29 is 10.2 Å². The second-order valence-electron chi connectivity index (χ2n) is 9.53. The molecule has 32 heavy (non-hydrogen) atoms. The number of piperidine rings is 1. The highest BCUT2D eigenvalue weighted by Crippen LogP contribution is 2.51. The maximum absolute atomic E-state index is 12.4. The molecule has 3 atom stereocenters. The van der Waals surface area contributed by atoms with Gasteiger partial charge < -0.3 is 15.2 Å². The van der Waals surface area contributed by atoms with Gasteiger partial charge in [-0.15, -0.1) is 0 Å². The zero-order valence-corrected chi connectivity index (χ0v) is 18.2. The van der Waals surface area contributed by atoms with Crippen LogP contribution in [0.1, 0.15) is 28.7 Å². The van der Waals surface area contributed by atoms with Crippen molar-refractivity contribution in [3.63, 3.8) is 0 Å². The number of likely N-dealkylation sites (tertiary alicyclic amines) is 1. The molecular formula is C28H28N2O2. The van der Waals surface area contributed by atoms with Crippen molar-refractivity contribution in [2.75, 3.05) is 13.6 Å². The fourth-order valence-corrected chi connectivity index (χ4v) is 6.32. The summed E-state index contributed by atoms with van der Waals surface area (Å²) >= 11 is 0. The van der Waals surface area contributed by atoms with Gasteiger partial charge in [0.2, 0.25) is 0 Å². The van der Waals surface area contributed by atoms with Gasteiger partial charge in [0.05, 0.1) is 0 Å². The average Bonchev–Trinajstić information content (AvgIpc) is 3.25. The first-order valence-corrected chi connectivity index (χ1v) is 11.4. The third-order valence-electron chi connectivity index (χ3n) is 7.84. The van der Waals surface area contributed by atoms with E-state index < -0.39 is 11.2 Å². The molecule has 1 saturated heterocycles. The van der Waals surface area contributed by atoms with Gasteiger partial charge >= 0.3 is 0 Å². The number of aromatic amines is 1. The zero-order chi connectivity index (χ0) is 21.9. The van der Waals surface area contributed by atoms with Gasteiger partial charge in [0.15, 0.2) is 0 Å². The Balaban J connectivity index is 1.52. The van der Waals surface area contributed by atoms with Gasteiger partial charge in [0.1, 0.15) is 11.2 Å². The lowest BCUT2D eigenvalue weighted by atomic mass is 9.63. The van der Waals surface area contributed by atoms with Crippen LogP contribution in [0, 0.1) is 5.92 Å². The van der Waals surface area contributed by atoms with Gasteiger partial charge in [-0.25, -0.2) is 0 Å². The summed E-state index contributed by atoms with van der Waals surface area (Å²) in [6.07, 6.45) is 3.37. The molecule has 6 rings (SSSR count). The van der Waals surface area contributed by atoms with Crippen LogP contribution < -0.4 is 0 Å². The normalized spacial score (nSPS) is 25.6. The molecule has 0 bridgehead atoms. The minimum Gasteiger partial charge on any atom is -0.383 e. The maximum atomic E-state index is 12.4. The van der Waals surface area contributed by atoms with E-state index in [2.05, 4.69) is 35.3 Å². The molecule has 1 unspecified atom stereocenters. The Hall–Kier alpha value is -2.92. The number of aromatic nitrogens is 1. The van der Waals surface area contributed by atoms with Crippen molar-refractivity contribution in [2.45, 2.75) is 30.1 Å². The third kappa shape index (κ3) is 2.67. The van der Waals surface area contributed by atoms with E-state index in [0.29, 0.717) is 13.0 Å². The first kappa shape index (κ1) is 19.7. The van der Waals surface area contributed by atoms with Crippen LogP contribution in [0.25, 0.3) is 10.9 Å². The summed E-state index contributed by atoms with van der Waals surface area (Å²) in [5.74, 6) is -0.186. The molecular weight excluding hydrogens is 396 g/mol. The van der Waals surface area contributed by atoms with E-state index in [4.69, 9.17) is 0 Å². The van der Waals surface area contributed by atoms with Crippen LogP contribution in [0.5, 0.6) is 0 Å². The number of rotatable bonds is 3. The molecule has 1 fully saturated rings. The van der Waals surface area contributed by atoms with Crippen LogP contribution in [0.15, 0.2) is 85.1 Å². The Morgan fingerprint density at radius 1 is 0.938 bits per heavy atom. The molecule has 2 aliphatic rings. The highest BCUT2D eigenvalue weighted by molar-refractivity contribution is 5.88. The molecule has 0 amide bonds. The number of benzene rings is 3. The molecule has 4 heteroatoms. The van der Waals surface area contributed by atoms with Crippen LogP contribution in [0.2, 0.25) is 0 Å². The number of hydrogen-bond donors (Lipinski definition) is 3. The van der Waals surface area contributed by atoms with Crippen LogP contribution in [0.4, 0.5) is 0 Å². The van der Waals surface area contributed by atoms with Crippen molar-refractivity contribution in [2.24, 2.45) is 5.92 Å². The maximum Gasteiger partial charge on any atom is 0.119 e. The molecule has 162 valence electrons. The molecule has 0 radical (unpaired) electrons. The SMILES string of the molecule is CN1CC(C(O)(c2ccccc2)c2ccccc2)C[C@]2(O)c3cccc4[nH]cc(c34)C[C@@H]12. The topological polar surface area (TPSA) is 59.5 Å². The first-order valence-electron chi connectivity index (χ1n) is 11.4. The number of fused-ring (bicyclic) bond motifs is 2. The van der Waals surface area contributed by atoms with Crippen LogP contribution >= 0.6 is 0 Å². The van der Waals surface area contributed by atoms with E-state index in [1.54, 1.807) is 0 Å². The third-order valence-corrected chi connectivity index (χ3v) is 7.84. The second-order valence-corrected chi connectivity index (χ2v) is 9.53. The molecule has 1 aliphatic carbocycles. The van der Waals surface area contributed by atoms with E-state index in [1.165, 1.54) is 5.56 Å². The fourth-order valence-electron chi connectivity index (χ4n) is 6.32. The number of H-pyrrole nitrogens is 1. The van der Waals surface area contributed by atoms with Crippen molar-refractivity contribution in [1.82, 2.24) is 9.88 Å². The highest BCUT2D eigenvalue weighted by Gasteiger charge is 2.55. The van der Waals surface area contributed by atoms with E-state index in [0.717, 1.165) is 34.0 Å². The monoisotopic (exact) mass is 424 g/mol. The van der Waals surface area contributed by atoms with Gasteiger partial charge in [-0.1, -0.05) is 72.8 Å². The van der Waals surface area contributed by atoms with Crippen molar-refractivity contribution in [3.05, 3.63) is 107 Å². The summed E-state index contributed by atoms with van der Waals surface area (Å²) < 4.78 is 0. The van der Waals surface area contributed by atoms with E-state index in [9.17, 15) is 10.2 Å². The van der Waals surface area contributed by atoms with Gasteiger partial charge in [-0.2, -0.15) is 0 Å². The van der Waals surface area contributed by atoms with Crippen LogP contribution in [0.3, 0.4) is 0 Å². The summed E-state index contributed by atoms with van der Waals surface area (Å²) in [7, 11) is 2.08. The van der Waals surface area contributed by atoms with Gasteiger partial charge in [0, 0.05) is 35.6 Å². The lowest BCUT2D eigenvalue weighted by molar-refractivity contribution is -0.137. The Labute approximate surface area is 188 Å². The minimum atomic E-state index is -1.20. The fraction of sp³-hybridized carbons (Fsp3) is 0.286. The quantitative estimate of drug-likeness (QED) is 0.463. The Bertz CT molecular complexity index is 1230. The number of nitrogens with zero attached hydrogens (tertiary/aromatic N) is 1. The summed E-state index contributed by atoms with van der Waals surface area (Å²) in [6.45, 7) is 0.697. The molecule has 4 aromatic rings. The van der Waals surface area contributed by atoms with Gasteiger partial charge in [-0.05, 0) is 48.2 Å².